The molecule has 0 fully saturated rings. The number of nitrogens with zero attached hydrogens (tertiary/aromatic N) is 3. The number of carbonyl (C=O) groups is 2. The van der Waals surface area contributed by atoms with Crippen LogP contribution in [0.25, 0.3) is 0 Å². The largest absolute Gasteiger partial charge is 0.481 e. The summed E-state index contributed by atoms with van der Waals surface area (Å²) in [5.74, 6) is -1.10. The van der Waals surface area contributed by atoms with Crippen LogP contribution in [0.15, 0.2) is 12.5 Å². The molecule has 0 saturated carbocycles. The first kappa shape index (κ1) is 12.2. The first-order valence-corrected chi connectivity index (χ1v) is 5.03. The first-order chi connectivity index (χ1) is 7.56. The summed E-state index contributed by atoms with van der Waals surface area (Å²) in [4.78, 5) is 27.7. The molecule has 0 spiro atoms. The van der Waals surface area contributed by atoms with Crippen molar-refractivity contribution in [1.82, 2.24) is 14.5 Å². The van der Waals surface area contributed by atoms with Crippen molar-refractivity contribution in [3.8, 4) is 0 Å². The van der Waals surface area contributed by atoms with Crippen LogP contribution < -0.4 is 0 Å². The van der Waals surface area contributed by atoms with E-state index in [1.807, 2.05) is 6.92 Å². The fraction of sp³-hybridized carbons (Fsp3) is 0.500. The van der Waals surface area contributed by atoms with Crippen molar-refractivity contribution in [3.05, 3.63) is 18.2 Å². The fourth-order valence-corrected chi connectivity index (χ4v) is 1.36. The zero-order chi connectivity index (χ0) is 12.1. The molecular formula is C10H15N3O3. The van der Waals surface area contributed by atoms with Crippen molar-refractivity contribution in [3.63, 3.8) is 0 Å². The van der Waals surface area contributed by atoms with Gasteiger partial charge in [0.15, 0.2) is 0 Å². The Bertz CT molecular complexity index is 386. The van der Waals surface area contributed by atoms with Gasteiger partial charge >= 0.3 is 5.97 Å². The minimum absolute atomic E-state index is 0.0442. The Morgan fingerprint density at radius 3 is 2.69 bits per heavy atom. The molecule has 88 valence electrons. The lowest BCUT2D eigenvalue weighted by atomic mass is 10.3. The van der Waals surface area contributed by atoms with Gasteiger partial charge in [0.2, 0.25) is 0 Å². The van der Waals surface area contributed by atoms with Crippen LogP contribution in [-0.2, 0) is 11.8 Å². The summed E-state index contributed by atoms with van der Waals surface area (Å²) in [5.41, 5.74) is 0.465. The van der Waals surface area contributed by atoms with E-state index in [0.29, 0.717) is 12.2 Å². The smallest absolute Gasteiger partial charge is 0.305 e. The van der Waals surface area contributed by atoms with Crippen LogP contribution in [0.4, 0.5) is 0 Å². The molecule has 0 atom stereocenters. The van der Waals surface area contributed by atoms with Crippen LogP contribution in [0.1, 0.15) is 23.8 Å². The molecule has 16 heavy (non-hydrogen) atoms. The number of aromatic nitrogens is 2. The van der Waals surface area contributed by atoms with E-state index in [-0.39, 0.29) is 18.9 Å². The molecule has 1 amide bonds. The maximum absolute atomic E-state index is 11.9. The number of hydrogen-bond donors (Lipinski definition) is 1. The average molecular weight is 225 g/mol. The molecule has 0 radical (unpaired) electrons. The Morgan fingerprint density at radius 2 is 2.25 bits per heavy atom. The molecule has 0 aliphatic heterocycles. The summed E-state index contributed by atoms with van der Waals surface area (Å²) in [5, 5.41) is 8.57. The molecule has 6 nitrogen and oxygen atoms in total. The van der Waals surface area contributed by atoms with Crippen LogP contribution in [0.5, 0.6) is 0 Å². The highest BCUT2D eigenvalue weighted by molar-refractivity contribution is 5.92. The molecule has 0 unspecified atom stereocenters. The molecule has 1 heterocycles. The Hall–Kier alpha value is -1.85. The normalized spacial score (nSPS) is 10.1. The van der Waals surface area contributed by atoms with Crippen LogP contribution in [0.2, 0.25) is 0 Å². The van der Waals surface area contributed by atoms with Crippen molar-refractivity contribution < 1.29 is 14.7 Å². The highest BCUT2D eigenvalue weighted by atomic mass is 16.4. The third kappa shape index (κ3) is 2.82. The van der Waals surface area contributed by atoms with Gasteiger partial charge in [-0.3, -0.25) is 9.59 Å². The molecule has 0 aliphatic rings. The topological polar surface area (TPSA) is 75.4 Å². The lowest BCUT2D eigenvalue weighted by Gasteiger charge is -2.19. The van der Waals surface area contributed by atoms with Gasteiger partial charge in [0.25, 0.3) is 5.91 Å². The zero-order valence-electron chi connectivity index (χ0n) is 9.38. The minimum atomic E-state index is -0.906. The third-order valence-electron chi connectivity index (χ3n) is 2.30. The monoisotopic (exact) mass is 225 g/mol. The van der Waals surface area contributed by atoms with Gasteiger partial charge in [-0.15, -0.1) is 0 Å². The van der Waals surface area contributed by atoms with Crippen molar-refractivity contribution in [2.75, 3.05) is 13.1 Å². The van der Waals surface area contributed by atoms with Gasteiger partial charge in [0.1, 0.15) is 5.69 Å². The third-order valence-corrected chi connectivity index (χ3v) is 2.30. The molecule has 1 aromatic rings. The van der Waals surface area contributed by atoms with Crippen LogP contribution in [0, 0.1) is 0 Å². The van der Waals surface area contributed by atoms with Crippen molar-refractivity contribution in [2.24, 2.45) is 7.05 Å². The van der Waals surface area contributed by atoms with Gasteiger partial charge in [-0.25, -0.2) is 4.98 Å². The first-order valence-electron chi connectivity index (χ1n) is 5.03. The summed E-state index contributed by atoms with van der Waals surface area (Å²) in [7, 11) is 1.73. The predicted molar refractivity (Wildman–Crippen MR) is 57.0 cm³/mol. The van der Waals surface area contributed by atoms with Gasteiger partial charge in [0.05, 0.1) is 18.9 Å². The number of carbonyl (C=O) groups excluding carboxylic acids is 1. The molecule has 1 N–H and O–H groups in total. The quantitative estimate of drug-likeness (QED) is 0.784. The predicted octanol–water partition coefficient (Wildman–Crippen LogP) is 0.357. The van der Waals surface area contributed by atoms with E-state index in [2.05, 4.69) is 4.98 Å². The molecule has 0 bridgehead atoms. The van der Waals surface area contributed by atoms with Gasteiger partial charge in [-0.1, -0.05) is 0 Å². The second kappa shape index (κ2) is 5.29. The van der Waals surface area contributed by atoms with Gasteiger partial charge in [0, 0.05) is 20.1 Å². The van der Waals surface area contributed by atoms with E-state index >= 15 is 0 Å². The van der Waals surface area contributed by atoms with Crippen molar-refractivity contribution in [1.29, 1.82) is 0 Å². The van der Waals surface area contributed by atoms with E-state index in [4.69, 9.17) is 5.11 Å². The van der Waals surface area contributed by atoms with Crippen molar-refractivity contribution in [2.45, 2.75) is 13.3 Å². The lowest BCUT2D eigenvalue weighted by Crippen LogP contribution is -2.33. The number of amides is 1. The molecule has 1 aromatic heterocycles. The number of imidazole rings is 1. The highest BCUT2D eigenvalue weighted by Crippen LogP contribution is 2.04. The van der Waals surface area contributed by atoms with Crippen LogP contribution >= 0.6 is 0 Å². The second-order valence-electron chi connectivity index (χ2n) is 3.42. The maximum atomic E-state index is 11.9. The second-order valence-corrected chi connectivity index (χ2v) is 3.42. The fourth-order valence-electron chi connectivity index (χ4n) is 1.36. The van der Waals surface area contributed by atoms with Crippen molar-refractivity contribution >= 4 is 11.9 Å². The number of hydrogen-bond acceptors (Lipinski definition) is 3. The van der Waals surface area contributed by atoms with Gasteiger partial charge in [-0.05, 0) is 6.92 Å². The SMILES string of the molecule is CCN(CCC(=O)O)C(=O)c1cncn1C. The Balaban J connectivity index is 2.70. The summed E-state index contributed by atoms with van der Waals surface area (Å²) < 4.78 is 1.62. The van der Waals surface area contributed by atoms with Gasteiger partial charge < -0.3 is 14.6 Å². The Morgan fingerprint density at radius 1 is 1.56 bits per heavy atom. The van der Waals surface area contributed by atoms with Gasteiger partial charge in [-0.2, -0.15) is 0 Å². The minimum Gasteiger partial charge on any atom is -0.481 e. The molecule has 1 rings (SSSR count). The zero-order valence-corrected chi connectivity index (χ0v) is 9.38. The molecule has 6 heteroatoms. The highest BCUT2D eigenvalue weighted by Gasteiger charge is 2.17. The maximum Gasteiger partial charge on any atom is 0.305 e. The van der Waals surface area contributed by atoms with E-state index in [1.54, 1.807) is 11.6 Å². The van der Waals surface area contributed by atoms with E-state index in [9.17, 15) is 9.59 Å². The molecule has 0 saturated heterocycles. The number of aryl methyl sites for hydroxylation is 1. The number of rotatable bonds is 5. The summed E-state index contributed by atoms with van der Waals surface area (Å²) in [6.45, 7) is 2.52. The van der Waals surface area contributed by atoms with E-state index < -0.39 is 5.97 Å². The Kier molecular flexibility index (Phi) is 4.04. The average Bonchev–Trinajstić information content (AvgIpc) is 2.64. The van der Waals surface area contributed by atoms with E-state index in [1.165, 1.54) is 17.4 Å². The van der Waals surface area contributed by atoms with Crippen LogP contribution in [-0.4, -0.2) is 44.5 Å². The number of carboxylic acids is 1. The molecular weight excluding hydrogens is 210 g/mol. The summed E-state index contributed by atoms with van der Waals surface area (Å²) >= 11 is 0. The Labute approximate surface area is 93.5 Å². The number of aliphatic carboxylic acids is 1. The molecule has 0 aromatic carbocycles. The number of carboxylic acid groups (broad SMARTS) is 1. The standard InChI is InChI=1S/C10H15N3O3/c1-3-13(5-4-9(14)15)10(16)8-6-11-7-12(8)2/h6-7H,3-5H2,1-2H3,(H,14,15). The lowest BCUT2D eigenvalue weighted by molar-refractivity contribution is -0.137. The summed E-state index contributed by atoms with van der Waals surface area (Å²) in [6, 6.07) is 0. The molecule has 0 aliphatic carbocycles. The van der Waals surface area contributed by atoms with E-state index in [0.717, 1.165) is 0 Å². The van der Waals surface area contributed by atoms with Crippen LogP contribution in [0.3, 0.4) is 0 Å². The summed E-state index contributed by atoms with van der Waals surface area (Å²) in [6.07, 6.45) is 2.97.